The minimum atomic E-state index is 0.654. The summed E-state index contributed by atoms with van der Waals surface area (Å²) in [5, 5.41) is 2.36. The number of aromatic nitrogens is 3. The molecule has 0 unspecified atom stereocenters. The van der Waals surface area contributed by atoms with Crippen LogP contribution in [0.3, 0.4) is 0 Å². The van der Waals surface area contributed by atoms with Gasteiger partial charge in [-0.05, 0) is 25.1 Å². The molecule has 0 bridgehead atoms. The van der Waals surface area contributed by atoms with Crippen molar-refractivity contribution in [3.63, 3.8) is 0 Å². The van der Waals surface area contributed by atoms with Gasteiger partial charge < -0.3 is 9.13 Å². The highest BCUT2D eigenvalue weighted by Gasteiger charge is 2.08. The van der Waals surface area contributed by atoms with Crippen LogP contribution in [0.2, 0.25) is 10.0 Å². The average molecular weight is 294 g/mol. The molecule has 0 aliphatic rings. The molecule has 0 aliphatic heterocycles. The van der Waals surface area contributed by atoms with E-state index < -0.39 is 0 Å². The van der Waals surface area contributed by atoms with Crippen LogP contribution in [-0.2, 0) is 13.1 Å². The van der Waals surface area contributed by atoms with Gasteiger partial charge in [-0.1, -0.05) is 23.2 Å². The minimum absolute atomic E-state index is 0.654. The standard InChI is InChI=1S/C14H13Cl2N3/c1-2-18-9-17-7-11(18)8-19-4-3-12-13(16)5-10(15)6-14(12)19/h3-7,9H,2,8H2,1H3. The van der Waals surface area contributed by atoms with Crippen LogP contribution in [0, 0.1) is 0 Å². The van der Waals surface area contributed by atoms with E-state index in [0.29, 0.717) is 10.0 Å². The fraction of sp³-hybridized carbons (Fsp3) is 0.214. The van der Waals surface area contributed by atoms with Gasteiger partial charge in [0.25, 0.3) is 0 Å². The Kier molecular flexibility index (Phi) is 3.25. The van der Waals surface area contributed by atoms with Crippen molar-refractivity contribution in [1.29, 1.82) is 0 Å². The molecule has 2 aromatic heterocycles. The number of halogens is 2. The monoisotopic (exact) mass is 293 g/mol. The third-order valence-corrected chi connectivity index (χ3v) is 3.81. The van der Waals surface area contributed by atoms with Gasteiger partial charge in [-0.2, -0.15) is 0 Å². The van der Waals surface area contributed by atoms with Crippen molar-refractivity contribution in [3.8, 4) is 0 Å². The van der Waals surface area contributed by atoms with Crippen molar-refractivity contribution in [1.82, 2.24) is 14.1 Å². The first kappa shape index (κ1) is 12.6. The minimum Gasteiger partial charge on any atom is -0.341 e. The Hall–Kier alpha value is -1.45. The third kappa shape index (κ3) is 2.24. The van der Waals surface area contributed by atoms with Crippen molar-refractivity contribution in [2.24, 2.45) is 0 Å². The van der Waals surface area contributed by atoms with Crippen LogP contribution < -0.4 is 0 Å². The quantitative estimate of drug-likeness (QED) is 0.709. The number of rotatable bonds is 3. The molecule has 2 heterocycles. The van der Waals surface area contributed by atoms with Crippen LogP contribution in [0.25, 0.3) is 10.9 Å². The zero-order chi connectivity index (χ0) is 13.4. The summed E-state index contributed by atoms with van der Waals surface area (Å²) in [6, 6.07) is 5.72. The van der Waals surface area contributed by atoms with Gasteiger partial charge in [0.2, 0.25) is 0 Å². The number of aryl methyl sites for hydroxylation is 1. The van der Waals surface area contributed by atoms with Gasteiger partial charge in [0, 0.05) is 29.3 Å². The maximum Gasteiger partial charge on any atom is 0.0948 e. The van der Waals surface area contributed by atoms with E-state index in [0.717, 1.165) is 29.7 Å². The molecule has 19 heavy (non-hydrogen) atoms. The molecule has 98 valence electrons. The van der Waals surface area contributed by atoms with Crippen molar-refractivity contribution in [2.45, 2.75) is 20.0 Å². The number of hydrogen-bond donors (Lipinski definition) is 0. The van der Waals surface area contributed by atoms with Gasteiger partial charge in [-0.3, -0.25) is 0 Å². The van der Waals surface area contributed by atoms with Gasteiger partial charge in [-0.25, -0.2) is 4.98 Å². The molecule has 0 fully saturated rings. The van der Waals surface area contributed by atoms with E-state index in [1.54, 1.807) is 6.07 Å². The van der Waals surface area contributed by atoms with E-state index in [1.807, 2.05) is 30.9 Å². The van der Waals surface area contributed by atoms with Crippen LogP contribution in [0.1, 0.15) is 12.6 Å². The molecule has 3 rings (SSSR count). The first-order chi connectivity index (χ1) is 9.19. The summed E-state index contributed by atoms with van der Waals surface area (Å²) < 4.78 is 4.26. The summed E-state index contributed by atoms with van der Waals surface area (Å²) in [4.78, 5) is 4.19. The Bertz CT molecular complexity index is 727. The molecule has 3 nitrogen and oxygen atoms in total. The highest BCUT2D eigenvalue weighted by atomic mass is 35.5. The first-order valence-electron chi connectivity index (χ1n) is 6.12. The molecular formula is C14H13Cl2N3. The number of hydrogen-bond acceptors (Lipinski definition) is 1. The van der Waals surface area contributed by atoms with Gasteiger partial charge in [-0.15, -0.1) is 0 Å². The van der Waals surface area contributed by atoms with E-state index in [9.17, 15) is 0 Å². The second kappa shape index (κ2) is 4.91. The molecule has 5 heteroatoms. The summed E-state index contributed by atoms with van der Waals surface area (Å²) >= 11 is 12.3. The molecule has 0 atom stereocenters. The average Bonchev–Trinajstić information content (AvgIpc) is 2.97. The fourth-order valence-corrected chi connectivity index (χ4v) is 2.84. The summed E-state index contributed by atoms with van der Waals surface area (Å²) in [6.45, 7) is 3.77. The predicted molar refractivity (Wildman–Crippen MR) is 79.0 cm³/mol. The maximum atomic E-state index is 6.20. The van der Waals surface area contributed by atoms with E-state index in [4.69, 9.17) is 23.2 Å². The summed E-state index contributed by atoms with van der Waals surface area (Å²) in [7, 11) is 0. The smallest absolute Gasteiger partial charge is 0.0948 e. The lowest BCUT2D eigenvalue weighted by molar-refractivity contribution is 0.679. The molecule has 0 aliphatic carbocycles. The molecule has 3 aromatic rings. The van der Waals surface area contributed by atoms with E-state index in [2.05, 4.69) is 21.0 Å². The van der Waals surface area contributed by atoms with E-state index in [1.165, 1.54) is 0 Å². The molecule has 0 saturated carbocycles. The molecule has 1 aromatic carbocycles. The maximum absolute atomic E-state index is 6.20. The largest absolute Gasteiger partial charge is 0.341 e. The topological polar surface area (TPSA) is 22.8 Å². The highest BCUT2D eigenvalue weighted by Crippen LogP contribution is 2.29. The normalized spacial score (nSPS) is 11.3. The Labute approximate surface area is 121 Å². The number of fused-ring (bicyclic) bond motifs is 1. The van der Waals surface area contributed by atoms with Crippen LogP contribution in [-0.4, -0.2) is 14.1 Å². The van der Waals surface area contributed by atoms with Crippen molar-refractivity contribution >= 4 is 34.1 Å². The van der Waals surface area contributed by atoms with Crippen LogP contribution in [0.5, 0.6) is 0 Å². The Balaban J connectivity index is 2.06. The van der Waals surface area contributed by atoms with Crippen molar-refractivity contribution in [3.05, 3.63) is 52.7 Å². The lowest BCUT2D eigenvalue weighted by Gasteiger charge is -2.08. The lowest BCUT2D eigenvalue weighted by atomic mass is 10.2. The second-order valence-corrected chi connectivity index (χ2v) is 5.28. The molecule has 0 amide bonds. The summed E-state index contributed by atoms with van der Waals surface area (Å²) in [5.74, 6) is 0. The van der Waals surface area contributed by atoms with Gasteiger partial charge >= 0.3 is 0 Å². The van der Waals surface area contributed by atoms with Gasteiger partial charge in [0.1, 0.15) is 0 Å². The zero-order valence-corrected chi connectivity index (χ0v) is 12.0. The fourth-order valence-electron chi connectivity index (χ4n) is 2.30. The van der Waals surface area contributed by atoms with E-state index >= 15 is 0 Å². The third-order valence-electron chi connectivity index (χ3n) is 3.27. The summed E-state index contributed by atoms with van der Waals surface area (Å²) in [6.07, 6.45) is 5.77. The molecular weight excluding hydrogens is 281 g/mol. The van der Waals surface area contributed by atoms with Crippen molar-refractivity contribution < 1.29 is 0 Å². The van der Waals surface area contributed by atoms with Crippen LogP contribution >= 0.6 is 23.2 Å². The van der Waals surface area contributed by atoms with E-state index in [-0.39, 0.29) is 0 Å². The Morgan fingerprint density at radius 1 is 1.21 bits per heavy atom. The molecule has 0 N–H and O–H groups in total. The zero-order valence-electron chi connectivity index (χ0n) is 10.5. The molecule has 0 radical (unpaired) electrons. The Morgan fingerprint density at radius 2 is 2.05 bits per heavy atom. The lowest BCUT2D eigenvalue weighted by Crippen LogP contribution is -2.05. The molecule has 0 spiro atoms. The number of imidazole rings is 1. The molecule has 0 saturated heterocycles. The SMILES string of the molecule is CCn1cncc1Cn1ccc2c(Cl)cc(Cl)cc21. The predicted octanol–water partition coefficient (Wildman–Crippen LogP) is 4.21. The van der Waals surface area contributed by atoms with Crippen LogP contribution in [0.4, 0.5) is 0 Å². The first-order valence-corrected chi connectivity index (χ1v) is 6.87. The van der Waals surface area contributed by atoms with Crippen LogP contribution in [0.15, 0.2) is 36.9 Å². The number of benzene rings is 1. The van der Waals surface area contributed by atoms with Gasteiger partial charge in [0.15, 0.2) is 0 Å². The van der Waals surface area contributed by atoms with Crippen molar-refractivity contribution in [2.75, 3.05) is 0 Å². The summed E-state index contributed by atoms with van der Waals surface area (Å²) in [5.41, 5.74) is 2.21. The second-order valence-electron chi connectivity index (χ2n) is 4.44. The Morgan fingerprint density at radius 3 is 2.84 bits per heavy atom. The number of nitrogens with zero attached hydrogens (tertiary/aromatic N) is 3. The van der Waals surface area contributed by atoms with Gasteiger partial charge in [0.05, 0.1) is 29.1 Å². The highest BCUT2D eigenvalue weighted by molar-refractivity contribution is 6.38.